The van der Waals surface area contributed by atoms with Crippen molar-refractivity contribution in [3.8, 4) is 0 Å². The number of hydrogen-bond acceptors (Lipinski definition) is 4. The van der Waals surface area contributed by atoms with Gasteiger partial charge in [-0.1, -0.05) is 36.4 Å². The monoisotopic (exact) mass is 360 g/mol. The van der Waals surface area contributed by atoms with E-state index in [-0.39, 0.29) is 11.2 Å². The third-order valence-corrected chi connectivity index (χ3v) is 5.95. The minimum atomic E-state index is -2.62. The maximum absolute atomic E-state index is 12.8. The first-order valence-electron chi connectivity index (χ1n) is 8.01. The number of oxime groups is 1. The number of rotatable bonds is 6. The molecule has 0 amide bonds. The van der Waals surface area contributed by atoms with Gasteiger partial charge in [-0.3, -0.25) is 4.98 Å². The molecule has 2 atom stereocenters. The molecule has 0 aliphatic rings. The zero-order valence-corrected chi connectivity index (χ0v) is 15.6. The van der Waals surface area contributed by atoms with Gasteiger partial charge in [-0.2, -0.15) is 4.36 Å². The molecule has 1 heterocycles. The zero-order chi connectivity index (χ0) is 18.3. The summed E-state index contributed by atoms with van der Waals surface area (Å²) in [6, 6.07) is 13.7. The molecule has 0 spiro atoms. The molecule has 134 valence electrons. The molecule has 2 rings (SSSR count). The summed E-state index contributed by atoms with van der Waals surface area (Å²) in [7, 11) is -2.62. The molecule has 25 heavy (non-hydrogen) atoms. The van der Waals surface area contributed by atoms with Gasteiger partial charge in [0.2, 0.25) is 0 Å². The number of guanidine groups is 1. The second-order valence-electron chi connectivity index (χ2n) is 5.85. The molecule has 0 saturated carbocycles. The lowest BCUT2D eigenvalue weighted by Gasteiger charge is -2.13. The van der Waals surface area contributed by atoms with Crippen molar-refractivity contribution in [3.05, 3.63) is 65.5 Å². The summed E-state index contributed by atoms with van der Waals surface area (Å²) in [6.07, 6.45) is 3.98. The van der Waals surface area contributed by atoms with Gasteiger partial charge in [0.05, 0.1) is 15.0 Å². The van der Waals surface area contributed by atoms with Gasteiger partial charge in [0, 0.05) is 24.6 Å². The summed E-state index contributed by atoms with van der Waals surface area (Å²) in [5, 5.41) is 3.43. The van der Waals surface area contributed by atoms with Crippen LogP contribution < -0.4 is 5.73 Å². The summed E-state index contributed by atoms with van der Waals surface area (Å²) in [5.74, 6) is -0.118. The SMILES string of the molecule is Cc1ccc(C(C)S(C)(=O)=N/C(N)=N\OCCc2ccccc2)cn1. The minimum Gasteiger partial charge on any atom is -0.392 e. The Morgan fingerprint density at radius 2 is 2.00 bits per heavy atom. The fourth-order valence-corrected chi connectivity index (χ4v) is 3.38. The van der Waals surface area contributed by atoms with Crippen LogP contribution in [0.5, 0.6) is 0 Å². The van der Waals surface area contributed by atoms with Crippen LogP contribution in [0.3, 0.4) is 0 Å². The van der Waals surface area contributed by atoms with Crippen molar-refractivity contribution >= 4 is 15.7 Å². The van der Waals surface area contributed by atoms with E-state index in [0.29, 0.717) is 13.0 Å². The van der Waals surface area contributed by atoms with Crippen molar-refractivity contribution in [2.75, 3.05) is 12.9 Å². The Balaban J connectivity index is 1.98. The van der Waals surface area contributed by atoms with Gasteiger partial charge in [-0.05, 0) is 36.2 Å². The maximum atomic E-state index is 12.8. The number of pyridine rings is 1. The van der Waals surface area contributed by atoms with Crippen LogP contribution >= 0.6 is 0 Å². The first-order chi connectivity index (χ1) is 11.9. The molecule has 0 fully saturated rings. The topological polar surface area (TPSA) is 89.9 Å². The van der Waals surface area contributed by atoms with Crippen molar-refractivity contribution in [1.82, 2.24) is 4.98 Å². The molecule has 0 radical (unpaired) electrons. The van der Waals surface area contributed by atoms with E-state index in [1.807, 2.05) is 56.3 Å². The highest BCUT2D eigenvalue weighted by Crippen LogP contribution is 2.22. The molecule has 2 aromatic rings. The van der Waals surface area contributed by atoms with Crippen LogP contribution in [0.15, 0.2) is 58.2 Å². The number of aryl methyl sites for hydroxylation is 1. The Labute approximate surface area is 149 Å². The lowest BCUT2D eigenvalue weighted by molar-refractivity contribution is 0.147. The molecule has 0 bridgehead atoms. The number of aromatic nitrogens is 1. The molecule has 1 aromatic carbocycles. The van der Waals surface area contributed by atoms with Crippen LogP contribution in [0, 0.1) is 6.92 Å². The summed E-state index contributed by atoms with van der Waals surface area (Å²) in [4.78, 5) is 9.41. The Bertz CT molecular complexity index is 826. The Kier molecular flexibility index (Phi) is 6.52. The Hall–Kier alpha value is -2.41. The molecule has 1 aromatic heterocycles. The van der Waals surface area contributed by atoms with E-state index in [4.69, 9.17) is 10.6 Å². The van der Waals surface area contributed by atoms with Gasteiger partial charge in [0.15, 0.2) is 0 Å². The van der Waals surface area contributed by atoms with Crippen LogP contribution in [-0.2, 0) is 21.0 Å². The maximum Gasteiger partial charge on any atom is 0.265 e. The second-order valence-corrected chi connectivity index (χ2v) is 8.46. The van der Waals surface area contributed by atoms with Crippen LogP contribution in [0.2, 0.25) is 0 Å². The quantitative estimate of drug-likeness (QED) is 0.371. The van der Waals surface area contributed by atoms with E-state index in [0.717, 1.165) is 16.8 Å². The molecule has 2 N–H and O–H groups in total. The third kappa shape index (κ3) is 5.86. The fraction of sp³-hybridized carbons (Fsp3) is 0.333. The van der Waals surface area contributed by atoms with Crippen molar-refractivity contribution in [3.63, 3.8) is 0 Å². The van der Waals surface area contributed by atoms with E-state index in [2.05, 4.69) is 14.5 Å². The summed E-state index contributed by atoms with van der Waals surface area (Å²) in [5.41, 5.74) is 8.64. The van der Waals surface area contributed by atoms with Crippen molar-refractivity contribution in [1.29, 1.82) is 0 Å². The number of benzene rings is 1. The number of nitrogens with zero attached hydrogens (tertiary/aromatic N) is 3. The lowest BCUT2D eigenvalue weighted by Crippen LogP contribution is -2.16. The Morgan fingerprint density at radius 1 is 1.28 bits per heavy atom. The standard InChI is InChI=1S/C18H24N4O2S/c1-14-9-10-17(13-20-14)15(2)25(3,23)22-18(19)21-24-12-11-16-7-5-4-6-8-16/h4-10,13,15H,11-12H2,1-3H3,(H2,19,21). The zero-order valence-electron chi connectivity index (χ0n) is 14.8. The number of hydrogen-bond donors (Lipinski definition) is 1. The Morgan fingerprint density at radius 3 is 2.64 bits per heavy atom. The largest absolute Gasteiger partial charge is 0.392 e. The molecule has 0 aliphatic heterocycles. The predicted octanol–water partition coefficient (Wildman–Crippen LogP) is 3.04. The van der Waals surface area contributed by atoms with Gasteiger partial charge in [-0.25, -0.2) is 4.21 Å². The van der Waals surface area contributed by atoms with Crippen LogP contribution in [0.25, 0.3) is 0 Å². The second kappa shape index (κ2) is 8.62. The van der Waals surface area contributed by atoms with Crippen LogP contribution in [-0.4, -0.2) is 28.0 Å². The molecule has 0 aliphatic carbocycles. The first-order valence-corrected chi connectivity index (χ1v) is 10.00. The third-order valence-electron chi connectivity index (χ3n) is 3.82. The molecule has 7 heteroatoms. The highest BCUT2D eigenvalue weighted by molar-refractivity contribution is 7.93. The van der Waals surface area contributed by atoms with E-state index in [1.54, 1.807) is 12.5 Å². The van der Waals surface area contributed by atoms with E-state index >= 15 is 0 Å². The van der Waals surface area contributed by atoms with Crippen molar-refractivity contribution in [2.45, 2.75) is 25.5 Å². The fourth-order valence-electron chi connectivity index (χ4n) is 2.17. The summed E-state index contributed by atoms with van der Waals surface area (Å²) in [6.45, 7) is 4.11. The first kappa shape index (κ1) is 18.9. The molecular formula is C18H24N4O2S. The smallest absolute Gasteiger partial charge is 0.265 e. The normalized spacial score (nSPS) is 15.2. The van der Waals surface area contributed by atoms with Gasteiger partial charge in [-0.15, -0.1) is 0 Å². The summed E-state index contributed by atoms with van der Waals surface area (Å²) >= 11 is 0. The average Bonchev–Trinajstić information content (AvgIpc) is 2.59. The highest BCUT2D eigenvalue weighted by atomic mass is 32.2. The molecular weight excluding hydrogens is 336 g/mol. The molecule has 6 nitrogen and oxygen atoms in total. The van der Waals surface area contributed by atoms with Gasteiger partial charge in [0.1, 0.15) is 6.61 Å². The lowest BCUT2D eigenvalue weighted by atomic mass is 10.2. The highest BCUT2D eigenvalue weighted by Gasteiger charge is 2.17. The van der Waals surface area contributed by atoms with Crippen molar-refractivity contribution in [2.24, 2.45) is 15.3 Å². The molecule has 2 unspecified atom stereocenters. The van der Waals surface area contributed by atoms with E-state index in [1.165, 1.54) is 0 Å². The number of nitrogens with two attached hydrogens (primary N) is 1. The molecule has 0 saturated heterocycles. The van der Waals surface area contributed by atoms with Gasteiger partial charge >= 0.3 is 0 Å². The van der Waals surface area contributed by atoms with Gasteiger partial charge in [0.25, 0.3) is 5.96 Å². The predicted molar refractivity (Wildman–Crippen MR) is 102 cm³/mol. The van der Waals surface area contributed by atoms with Gasteiger partial charge < -0.3 is 10.6 Å². The van der Waals surface area contributed by atoms with E-state index in [9.17, 15) is 4.21 Å². The minimum absolute atomic E-state index is 0.118. The van der Waals surface area contributed by atoms with Crippen LogP contribution in [0.4, 0.5) is 0 Å². The van der Waals surface area contributed by atoms with Crippen LogP contribution in [0.1, 0.15) is 29.0 Å². The van der Waals surface area contributed by atoms with Crippen molar-refractivity contribution < 1.29 is 9.05 Å². The average molecular weight is 360 g/mol. The van der Waals surface area contributed by atoms with E-state index < -0.39 is 9.73 Å². The summed E-state index contributed by atoms with van der Waals surface area (Å²) < 4.78 is 16.9.